The van der Waals surface area contributed by atoms with Crippen molar-refractivity contribution in [2.45, 2.75) is 98.8 Å². The highest BCUT2D eigenvalue weighted by Gasteiger charge is 2.22. The molecule has 0 bridgehead atoms. The molecule has 0 aromatic rings. The first-order valence-electron chi connectivity index (χ1n) is 10.4. The highest BCUT2D eigenvalue weighted by molar-refractivity contribution is 5.84. The lowest BCUT2D eigenvalue weighted by atomic mass is 9.86. The van der Waals surface area contributed by atoms with Gasteiger partial charge in [-0.05, 0) is 67.7 Å². The van der Waals surface area contributed by atoms with E-state index in [-0.39, 0.29) is 5.97 Å². The fraction of sp³-hybridized carbons (Fsp3) is 0.696. The van der Waals surface area contributed by atoms with E-state index in [2.05, 4.69) is 27.7 Å². The van der Waals surface area contributed by atoms with E-state index in [0.717, 1.165) is 38.5 Å². The van der Waals surface area contributed by atoms with E-state index in [1.165, 1.54) is 36.8 Å². The molecule has 1 aliphatic carbocycles. The van der Waals surface area contributed by atoms with E-state index in [0.29, 0.717) is 6.61 Å². The van der Waals surface area contributed by atoms with Crippen molar-refractivity contribution in [1.82, 2.24) is 0 Å². The van der Waals surface area contributed by atoms with E-state index in [9.17, 15) is 4.79 Å². The van der Waals surface area contributed by atoms with E-state index in [1.54, 1.807) is 22.8 Å². The Labute approximate surface area is 155 Å². The first kappa shape index (κ1) is 21.7. The smallest absolute Gasteiger partial charge is 0.331 e. The molecule has 0 radical (unpaired) electrons. The van der Waals surface area contributed by atoms with Crippen molar-refractivity contribution in [2.24, 2.45) is 0 Å². The number of allylic oxidation sites excluding steroid dienone is 5. The highest BCUT2D eigenvalue weighted by Crippen LogP contribution is 2.40. The minimum Gasteiger partial charge on any atom is -0.463 e. The number of carbonyl (C=O) groups excluding carboxylic acids is 1. The van der Waals surface area contributed by atoms with E-state index in [4.69, 9.17) is 4.74 Å². The van der Waals surface area contributed by atoms with Crippen molar-refractivity contribution < 1.29 is 9.53 Å². The van der Waals surface area contributed by atoms with Crippen LogP contribution in [0, 0.1) is 0 Å². The molecule has 0 unspecified atom stereocenters. The van der Waals surface area contributed by atoms with Crippen LogP contribution in [0.2, 0.25) is 0 Å². The van der Waals surface area contributed by atoms with Crippen molar-refractivity contribution in [3.05, 3.63) is 33.9 Å². The molecule has 0 heterocycles. The molecule has 0 spiro atoms. The fourth-order valence-corrected chi connectivity index (χ4v) is 3.93. The van der Waals surface area contributed by atoms with Gasteiger partial charge in [-0.25, -0.2) is 4.79 Å². The first-order valence-corrected chi connectivity index (χ1v) is 10.4. The van der Waals surface area contributed by atoms with Crippen LogP contribution in [0.5, 0.6) is 0 Å². The molecule has 0 aromatic carbocycles. The van der Waals surface area contributed by atoms with Crippen LogP contribution in [0.25, 0.3) is 0 Å². The number of carbonyl (C=O) groups is 1. The van der Waals surface area contributed by atoms with Crippen molar-refractivity contribution in [3.8, 4) is 0 Å². The lowest BCUT2D eigenvalue weighted by molar-refractivity contribution is -0.137. The molecule has 0 aliphatic heterocycles. The van der Waals surface area contributed by atoms with Crippen molar-refractivity contribution >= 4 is 5.97 Å². The number of esters is 1. The van der Waals surface area contributed by atoms with Crippen LogP contribution in [0.15, 0.2) is 33.9 Å². The minimum atomic E-state index is -0.182. The van der Waals surface area contributed by atoms with Gasteiger partial charge in [-0.3, -0.25) is 0 Å². The minimum absolute atomic E-state index is 0.182. The third kappa shape index (κ3) is 6.49. The lowest BCUT2D eigenvalue weighted by Gasteiger charge is -2.19. The molecule has 25 heavy (non-hydrogen) atoms. The Bertz CT molecular complexity index is 520. The standard InChI is InChI=1S/C23H38O2/c1-6-11-18-15-16-19(17-23(24)25-10-5)21(13-8-3)22(14-9-4)20(18)12-7-2/h17H,6-16H2,1-5H3/b19-17+. The quantitative estimate of drug-likeness (QED) is 0.312. The maximum absolute atomic E-state index is 12.1. The van der Waals surface area contributed by atoms with Gasteiger partial charge >= 0.3 is 5.97 Å². The fourth-order valence-electron chi connectivity index (χ4n) is 3.93. The average Bonchev–Trinajstić information content (AvgIpc) is 2.70. The summed E-state index contributed by atoms with van der Waals surface area (Å²) in [7, 11) is 0. The second-order valence-electron chi connectivity index (χ2n) is 6.96. The van der Waals surface area contributed by atoms with Crippen molar-refractivity contribution in [3.63, 3.8) is 0 Å². The van der Waals surface area contributed by atoms with Crippen molar-refractivity contribution in [2.75, 3.05) is 6.61 Å². The normalized spacial score (nSPS) is 17.2. The molecule has 2 nitrogen and oxygen atoms in total. The van der Waals surface area contributed by atoms with Crippen LogP contribution in [0.4, 0.5) is 0 Å². The maximum atomic E-state index is 12.1. The van der Waals surface area contributed by atoms with Crippen LogP contribution < -0.4 is 0 Å². The van der Waals surface area contributed by atoms with Gasteiger partial charge in [-0.2, -0.15) is 0 Å². The summed E-state index contributed by atoms with van der Waals surface area (Å²) in [5.74, 6) is -0.182. The Balaban J connectivity index is 3.46. The monoisotopic (exact) mass is 346 g/mol. The Morgan fingerprint density at radius 1 is 0.800 bits per heavy atom. The van der Waals surface area contributed by atoms with Gasteiger partial charge in [-0.1, -0.05) is 59.0 Å². The number of rotatable bonds is 10. The third-order valence-electron chi connectivity index (χ3n) is 4.87. The van der Waals surface area contributed by atoms with Gasteiger partial charge in [-0.15, -0.1) is 0 Å². The summed E-state index contributed by atoms with van der Waals surface area (Å²) >= 11 is 0. The van der Waals surface area contributed by atoms with Gasteiger partial charge in [0.2, 0.25) is 0 Å². The van der Waals surface area contributed by atoms with E-state index < -0.39 is 0 Å². The molecular weight excluding hydrogens is 308 g/mol. The van der Waals surface area contributed by atoms with Crippen LogP contribution in [-0.4, -0.2) is 12.6 Å². The molecule has 0 saturated heterocycles. The summed E-state index contributed by atoms with van der Waals surface area (Å²) in [5.41, 5.74) is 7.45. The first-order chi connectivity index (χ1) is 12.1. The van der Waals surface area contributed by atoms with Gasteiger partial charge in [0.15, 0.2) is 0 Å². The molecule has 1 rings (SSSR count). The molecule has 0 fully saturated rings. The summed E-state index contributed by atoms with van der Waals surface area (Å²) in [6, 6.07) is 0. The predicted octanol–water partition coefficient (Wildman–Crippen LogP) is 7.06. The van der Waals surface area contributed by atoms with Gasteiger partial charge in [0.1, 0.15) is 0 Å². The number of ether oxygens (including phenoxy) is 1. The summed E-state index contributed by atoms with van der Waals surface area (Å²) in [6.45, 7) is 11.4. The van der Waals surface area contributed by atoms with Gasteiger partial charge in [0.05, 0.1) is 6.61 Å². The Morgan fingerprint density at radius 2 is 1.36 bits per heavy atom. The maximum Gasteiger partial charge on any atom is 0.331 e. The number of hydrogen-bond donors (Lipinski definition) is 0. The van der Waals surface area contributed by atoms with Crippen molar-refractivity contribution in [1.29, 1.82) is 0 Å². The second-order valence-corrected chi connectivity index (χ2v) is 6.96. The van der Waals surface area contributed by atoms with Crippen LogP contribution in [-0.2, 0) is 9.53 Å². The van der Waals surface area contributed by atoms with E-state index >= 15 is 0 Å². The van der Waals surface area contributed by atoms with Crippen LogP contribution in [0.1, 0.15) is 98.8 Å². The van der Waals surface area contributed by atoms with Gasteiger partial charge in [0.25, 0.3) is 0 Å². The molecular formula is C23H38O2. The summed E-state index contributed by atoms with van der Waals surface area (Å²) in [5, 5.41) is 0. The van der Waals surface area contributed by atoms with E-state index in [1.807, 2.05) is 6.92 Å². The molecule has 0 N–H and O–H groups in total. The average molecular weight is 347 g/mol. The van der Waals surface area contributed by atoms with Gasteiger partial charge < -0.3 is 4.74 Å². The molecule has 142 valence electrons. The summed E-state index contributed by atoms with van der Waals surface area (Å²) in [4.78, 5) is 12.1. The molecule has 0 amide bonds. The molecule has 0 aromatic heterocycles. The Hall–Kier alpha value is -1.31. The Morgan fingerprint density at radius 3 is 1.92 bits per heavy atom. The summed E-state index contributed by atoms with van der Waals surface area (Å²) < 4.78 is 5.20. The van der Waals surface area contributed by atoms with Crippen LogP contribution >= 0.6 is 0 Å². The topological polar surface area (TPSA) is 26.3 Å². The molecule has 0 saturated carbocycles. The molecule has 0 atom stereocenters. The Kier molecular flexibility index (Phi) is 10.5. The zero-order valence-corrected chi connectivity index (χ0v) is 17.2. The predicted molar refractivity (Wildman–Crippen MR) is 108 cm³/mol. The highest BCUT2D eigenvalue weighted by atomic mass is 16.5. The second kappa shape index (κ2) is 12.1. The van der Waals surface area contributed by atoms with Gasteiger partial charge in [0, 0.05) is 6.08 Å². The zero-order valence-electron chi connectivity index (χ0n) is 17.2. The lowest BCUT2D eigenvalue weighted by Crippen LogP contribution is -2.04. The number of hydrogen-bond acceptors (Lipinski definition) is 2. The molecule has 1 aliphatic rings. The largest absolute Gasteiger partial charge is 0.463 e. The van der Waals surface area contributed by atoms with Crippen LogP contribution in [0.3, 0.4) is 0 Å². The SMILES string of the molecule is CCCC1=C(CCC)C(CCC)=C(CCC)/C(=C/C(=O)OCC)CC1. The summed E-state index contributed by atoms with van der Waals surface area (Å²) in [6.07, 6.45) is 13.0. The third-order valence-corrected chi connectivity index (χ3v) is 4.87. The molecule has 2 heteroatoms. The zero-order chi connectivity index (χ0) is 18.7.